The normalized spacial score (nSPS) is 12.4. The average Bonchev–Trinajstić information content (AvgIpc) is 3.01. The molecular weight excluding hydrogens is 418 g/mol. The number of nitrogens with zero attached hydrogens (tertiary/aromatic N) is 3. The molecule has 0 saturated heterocycles. The van der Waals surface area contributed by atoms with Gasteiger partial charge < -0.3 is 9.30 Å². The number of thiazole rings is 1. The predicted molar refractivity (Wildman–Crippen MR) is 108 cm³/mol. The molecular formula is C18H17N3O6S2. The smallest absolute Gasteiger partial charge is 0.279 e. The van der Waals surface area contributed by atoms with E-state index in [9.17, 15) is 23.3 Å². The van der Waals surface area contributed by atoms with Crippen LogP contribution >= 0.6 is 11.3 Å². The molecule has 1 aromatic heterocycles. The molecule has 0 saturated carbocycles. The zero-order valence-electron chi connectivity index (χ0n) is 15.6. The van der Waals surface area contributed by atoms with Crippen LogP contribution in [-0.2, 0) is 21.1 Å². The Hall–Kier alpha value is -2.89. The minimum absolute atomic E-state index is 0.0257. The molecule has 0 bridgehead atoms. The van der Waals surface area contributed by atoms with Gasteiger partial charge in [-0.2, -0.15) is 4.99 Å². The van der Waals surface area contributed by atoms with Gasteiger partial charge in [0.1, 0.15) is 0 Å². The number of carbonyl (C=O) groups excluding carboxylic acids is 1. The van der Waals surface area contributed by atoms with E-state index in [1.807, 2.05) is 0 Å². The molecule has 29 heavy (non-hydrogen) atoms. The second-order valence-corrected chi connectivity index (χ2v) is 9.18. The molecule has 0 spiro atoms. The van der Waals surface area contributed by atoms with Crippen LogP contribution in [0, 0.1) is 10.1 Å². The third-order valence-electron chi connectivity index (χ3n) is 4.10. The molecule has 0 radical (unpaired) electrons. The molecule has 0 aliphatic carbocycles. The zero-order valence-corrected chi connectivity index (χ0v) is 17.2. The Bertz CT molecular complexity index is 1270. The Morgan fingerprint density at radius 1 is 1.28 bits per heavy atom. The Balaban J connectivity index is 2.13. The monoisotopic (exact) mass is 435 g/mol. The lowest BCUT2D eigenvalue weighted by Crippen LogP contribution is -2.19. The fraction of sp³-hybridized carbons (Fsp3) is 0.222. The Labute approximate surface area is 170 Å². The number of rotatable bonds is 6. The maximum absolute atomic E-state index is 12.7. The van der Waals surface area contributed by atoms with E-state index in [2.05, 4.69) is 4.99 Å². The number of sulfone groups is 1. The quantitative estimate of drug-likeness (QED) is 0.433. The second-order valence-electron chi connectivity index (χ2n) is 6.16. The molecule has 0 N–H and O–H groups in total. The van der Waals surface area contributed by atoms with Crippen molar-refractivity contribution in [2.45, 2.75) is 11.4 Å². The van der Waals surface area contributed by atoms with Gasteiger partial charge in [0, 0.05) is 37.6 Å². The van der Waals surface area contributed by atoms with Crippen LogP contribution in [0.4, 0.5) is 5.69 Å². The lowest BCUT2D eigenvalue weighted by Gasteiger charge is -2.04. The molecule has 9 nitrogen and oxygen atoms in total. The van der Waals surface area contributed by atoms with Crippen molar-refractivity contribution in [2.75, 3.05) is 20.0 Å². The van der Waals surface area contributed by atoms with Crippen LogP contribution in [-0.4, -0.2) is 43.8 Å². The van der Waals surface area contributed by atoms with E-state index in [4.69, 9.17) is 4.74 Å². The van der Waals surface area contributed by atoms with E-state index in [0.717, 1.165) is 17.6 Å². The molecule has 0 aliphatic heterocycles. The minimum Gasteiger partial charge on any atom is -0.383 e. The third kappa shape index (κ3) is 4.58. The molecule has 1 heterocycles. The number of aromatic nitrogens is 1. The SMILES string of the molecule is COCCn1c(=NC(=O)c2cccc(S(C)(=O)=O)c2)sc2cc([N+](=O)[O-])ccc21. The van der Waals surface area contributed by atoms with Crippen molar-refractivity contribution in [1.82, 2.24) is 4.57 Å². The van der Waals surface area contributed by atoms with Gasteiger partial charge in [0.15, 0.2) is 14.6 Å². The number of methoxy groups -OCH3 is 1. The van der Waals surface area contributed by atoms with E-state index < -0.39 is 20.7 Å². The number of nitro groups is 1. The second kappa shape index (κ2) is 8.23. The van der Waals surface area contributed by atoms with Crippen molar-refractivity contribution in [1.29, 1.82) is 0 Å². The van der Waals surface area contributed by atoms with Crippen LogP contribution in [0.25, 0.3) is 10.2 Å². The highest BCUT2D eigenvalue weighted by Gasteiger charge is 2.14. The number of nitro benzene ring substituents is 1. The summed E-state index contributed by atoms with van der Waals surface area (Å²) < 4.78 is 30.9. The lowest BCUT2D eigenvalue weighted by atomic mass is 10.2. The van der Waals surface area contributed by atoms with Crippen LogP contribution in [0.2, 0.25) is 0 Å². The van der Waals surface area contributed by atoms with Crippen molar-refractivity contribution < 1.29 is 22.9 Å². The first-order valence-electron chi connectivity index (χ1n) is 8.36. The standard InChI is InChI=1S/C18H17N3O6S2/c1-27-9-8-20-15-7-6-13(21(23)24)11-16(15)28-18(20)19-17(22)12-4-3-5-14(10-12)29(2,25)26/h3-7,10-11H,8-9H2,1-2H3. The Morgan fingerprint density at radius 2 is 2.03 bits per heavy atom. The third-order valence-corrected chi connectivity index (χ3v) is 6.25. The first kappa shape index (κ1) is 20.8. The topological polar surface area (TPSA) is 121 Å². The van der Waals surface area contributed by atoms with Crippen LogP contribution in [0.1, 0.15) is 10.4 Å². The van der Waals surface area contributed by atoms with Gasteiger partial charge in [0.25, 0.3) is 11.6 Å². The van der Waals surface area contributed by atoms with Crippen molar-refractivity contribution >= 4 is 43.0 Å². The van der Waals surface area contributed by atoms with Crippen LogP contribution in [0.5, 0.6) is 0 Å². The molecule has 11 heteroatoms. The van der Waals surface area contributed by atoms with Gasteiger partial charge in [-0.25, -0.2) is 8.42 Å². The molecule has 3 rings (SSSR count). The number of non-ortho nitro benzene ring substituents is 1. The summed E-state index contributed by atoms with van der Waals surface area (Å²) in [5.74, 6) is -0.609. The Kier molecular flexibility index (Phi) is 5.91. The maximum Gasteiger partial charge on any atom is 0.279 e. The van der Waals surface area contributed by atoms with E-state index in [1.165, 1.54) is 36.4 Å². The van der Waals surface area contributed by atoms with E-state index >= 15 is 0 Å². The largest absolute Gasteiger partial charge is 0.383 e. The summed E-state index contributed by atoms with van der Waals surface area (Å²) in [6, 6.07) is 10.1. The summed E-state index contributed by atoms with van der Waals surface area (Å²) in [5.41, 5.74) is 0.764. The van der Waals surface area contributed by atoms with E-state index in [0.29, 0.717) is 28.2 Å². The van der Waals surface area contributed by atoms with Crippen molar-refractivity contribution in [3.05, 3.63) is 62.9 Å². The van der Waals surface area contributed by atoms with E-state index in [-0.39, 0.29) is 16.1 Å². The van der Waals surface area contributed by atoms with E-state index in [1.54, 1.807) is 17.7 Å². The van der Waals surface area contributed by atoms with Crippen LogP contribution < -0.4 is 4.80 Å². The molecule has 152 valence electrons. The molecule has 0 fully saturated rings. The number of amides is 1. The minimum atomic E-state index is -3.46. The lowest BCUT2D eigenvalue weighted by molar-refractivity contribution is -0.384. The number of fused-ring (bicyclic) bond motifs is 1. The van der Waals surface area contributed by atoms with Gasteiger partial charge in [0.05, 0.1) is 26.6 Å². The summed E-state index contributed by atoms with van der Waals surface area (Å²) in [4.78, 5) is 27.7. The predicted octanol–water partition coefficient (Wildman–Crippen LogP) is 2.40. The molecule has 3 aromatic rings. The number of hydrogen-bond acceptors (Lipinski definition) is 7. The fourth-order valence-electron chi connectivity index (χ4n) is 2.67. The highest BCUT2D eigenvalue weighted by Crippen LogP contribution is 2.23. The van der Waals surface area contributed by atoms with Gasteiger partial charge in [-0.1, -0.05) is 17.4 Å². The number of hydrogen-bond donors (Lipinski definition) is 0. The number of carbonyl (C=O) groups is 1. The molecule has 2 aromatic carbocycles. The van der Waals surface area contributed by atoms with Gasteiger partial charge in [-0.3, -0.25) is 14.9 Å². The Morgan fingerprint density at radius 3 is 2.69 bits per heavy atom. The van der Waals surface area contributed by atoms with Gasteiger partial charge in [-0.15, -0.1) is 0 Å². The summed E-state index contributed by atoms with van der Waals surface area (Å²) in [6.07, 6.45) is 1.06. The van der Waals surface area contributed by atoms with Crippen molar-refractivity contribution in [3.8, 4) is 0 Å². The van der Waals surface area contributed by atoms with Gasteiger partial charge >= 0.3 is 0 Å². The average molecular weight is 435 g/mol. The van der Waals surface area contributed by atoms with Gasteiger partial charge in [-0.05, 0) is 24.3 Å². The first-order chi connectivity index (χ1) is 13.7. The molecule has 1 amide bonds. The van der Waals surface area contributed by atoms with Crippen molar-refractivity contribution in [2.24, 2.45) is 4.99 Å². The molecule has 0 atom stereocenters. The highest BCUT2D eigenvalue weighted by molar-refractivity contribution is 7.90. The fourth-order valence-corrected chi connectivity index (χ4v) is 4.42. The number of ether oxygens (including phenoxy) is 1. The summed E-state index contributed by atoms with van der Waals surface area (Å²) in [7, 11) is -1.92. The summed E-state index contributed by atoms with van der Waals surface area (Å²) in [5, 5.41) is 11.0. The molecule has 0 aliphatic rings. The zero-order chi connectivity index (χ0) is 21.2. The first-order valence-corrected chi connectivity index (χ1v) is 11.1. The molecule has 0 unspecified atom stereocenters. The summed E-state index contributed by atoms with van der Waals surface area (Å²) in [6.45, 7) is 0.748. The van der Waals surface area contributed by atoms with Crippen LogP contribution in [0.15, 0.2) is 52.4 Å². The van der Waals surface area contributed by atoms with Crippen LogP contribution in [0.3, 0.4) is 0 Å². The number of benzene rings is 2. The maximum atomic E-state index is 12.7. The van der Waals surface area contributed by atoms with Gasteiger partial charge in [0.2, 0.25) is 0 Å². The van der Waals surface area contributed by atoms with Crippen molar-refractivity contribution in [3.63, 3.8) is 0 Å². The highest BCUT2D eigenvalue weighted by atomic mass is 32.2. The summed E-state index contributed by atoms with van der Waals surface area (Å²) >= 11 is 1.14.